The van der Waals surface area contributed by atoms with Crippen LogP contribution in [0.1, 0.15) is 36.8 Å². The van der Waals surface area contributed by atoms with E-state index in [1.165, 1.54) is 35.1 Å². The van der Waals surface area contributed by atoms with Gasteiger partial charge in [-0.05, 0) is 79.0 Å². The summed E-state index contributed by atoms with van der Waals surface area (Å²) in [6.07, 6.45) is 4.58. The van der Waals surface area contributed by atoms with Crippen molar-refractivity contribution in [3.05, 3.63) is 77.2 Å². The van der Waals surface area contributed by atoms with Gasteiger partial charge in [-0.2, -0.15) is 0 Å². The van der Waals surface area contributed by atoms with Crippen LogP contribution in [0, 0.1) is 0 Å². The Morgan fingerprint density at radius 3 is 2.50 bits per heavy atom. The number of thiophene rings is 1. The van der Waals surface area contributed by atoms with Crippen LogP contribution >= 0.6 is 11.3 Å². The lowest BCUT2D eigenvalue weighted by Gasteiger charge is -2.24. The summed E-state index contributed by atoms with van der Waals surface area (Å²) in [4.78, 5) is 15.1. The maximum absolute atomic E-state index is 11.3. The van der Waals surface area contributed by atoms with Gasteiger partial charge in [0.1, 0.15) is 12.4 Å². The lowest BCUT2D eigenvalue weighted by Crippen LogP contribution is -2.35. The minimum atomic E-state index is -0.129. The van der Waals surface area contributed by atoms with Crippen LogP contribution in [0.15, 0.2) is 66.0 Å². The summed E-state index contributed by atoms with van der Waals surface area (Å²) in [6.45, 7) is 2.70. The molecule has 2 aromatic carbocycles. The summed E-state index contributed by atoms with van der Waals surface area (Å²) in [5, 5.41) is 2.11. The molecule has 0 spiro atoms. The second kappa shape index (κ2) is 11.3. The fourth-order valence-electron chi connectivity index (χ4n) is 4.27. The van der Waals surface area contributed by atoms with E-state index in [0.29, 0.717) is 19.1 Å². The third-order valence-electron chi connectivity index (χ3n) is 6.09. The maximum atomic E-state index is 11.3. The van der Waals surface area contributed by atoms with Gasteiger partial charge < -0.3 is 9.47 Å². The van der Waals surface area contributed by atoms with Gasteiger partial charge in [0.05, 0.1) is 7.11 Å². The van der Waals surface area contributed by atoms with Crippen LogP contribution in [0.2, 0.25) is 0 Å². The van der Waals surface area contributed by atoms with E-state index < -0.39 is 0 Å². The standard InChI is InChI=1S/C27H31NO3S/c1-30-27(29)7-3-17-28-16-2-5-24(28)20-31-25-14-10-22(11-15-25)19-21-8-12-23(13-9-21)26-6-4-18-32-26/h4,6,8-15,18,24H,2-3,5,7,16-17,19-20H2,1H3/t24-/m1/s1. The van der Waals surface area contributed by atoms with Crippen LogP contribution in [0.5, 0.6) is 5.75 Å². The molecule has 1 atom stereocenters. The van der Waals surface area contributed by atoms with E-state index >= 15 is 0 Å². The van der Waals surface area contributed by atoms with Crippen LogP contribution in [-0.4, -0.2) is 43.7 Å². The summed E-state index contributed by atoms with van der Waals surface area (Å²) in [5.74, 6) is 0.791. The van der Waals surface area contributed by atoms with E-state index in [1.807, 2.05) is 0 Å². The summed E-state index contributed by atoms with van der Waals surface area (Å²) < 4.78 is 10.8. The van der Waals surface area contributed by atoms with Crippen LogP contribution in [0.25, 0.3) is 10.4 Å². The highest BCUT2D eigenvalue weighted by Gasteiger charge is 2.24. The molecule has 0 N–H and O–H groups in total. The van der Waals surface area contributed by atoms with Crippen molar-refractivity contribution in [2.24, 2.45) is 0 Å². The zero-order chi connectivity index (χ0) is 22.2. The highest BCUT2D eigenvalue weighted by molar-refractivity contribution is 7.13. The maximum Gasteiger partial charge on any atom is 0.305 e. The van der Waals surface area contributed by atoms with Crippen molar-refractivity contribution in [1.82, 2.24) is 4.90 Å². The fourth-order valence-corrected chi connectivity index (χ4v) is 5.00. The first-order valence-electron chi connectivity index (χ1n) is 11.4. The molecule has 0 bridgehead atoms. The minimum absolute atomic E-state index is 0.129. The molecule has 4 rings (SSSR count). The van der Waals surface area contributed by atoms with Crippen molar-refractivity contribution < 1.29 is 14.3 Å². The molecule has 2 heterocycles. The Hall–Kier alpha value is -2.63. The first-order chi connectivity index (χ1) is 15.7. The van der Waals surface area contributed by atoms with Gasteiger partial charge in [-0.25, -0.2) is 0 Å². The smallest absolute Gasteiger partial charge is 0.305 e. The Bertz CT molecular complexity index is 967. The Morgan fingerprint density at radius 2 is 1.81 bits per heavy atom. The van der Waals surface area contributed by atoms with Gasteiger partial charge in [-0.1, -0.05) is 42.5 Å². The predicted molar refractivity (Wildman–Crippen MR) is 130 cm³/mol. The zero-order valence-corrected chi connectivity index (χ0v) is 19.5. The van der Waals surface area contributed by atoms with E-state index in [9.17, 15) is 4.79 Å². The van der Waals surface area contributed by atoms with Gasteiger partial charge in [0, 0.05) is 17.3 Å². The lowest BCUT2D eigenvalue weighted by atomic mass is 10.0. The molecule has 5 heteroatoms. The summed E-state index contributed by atoms with van der Waals surface area (Å²) in [6, 6.07) is 22.0. The van der Waals surface area contributed by atoms with E-state index in [-0.39, 0.29) is 5.97 Å². The molecule has 1 saturated heterocycles. The molecular weight excluding hydrogens is 418 g/mol. The monoisotopic (exact) mass is 449 g/mol. The Labute approximate surface area is 194 Å². The van der Waals surface area contributed by atoms with Crippen LogP contribution in [-0.2, 0) is 16.0 Å². The number of ether oxygens (including phenoxy) is 2. The van der Waals surface area contributed by atoms with Crippen molar-refractivity contribution in [3.63, 3.8) is 0 Å². The van der Waals surface area contributed by atoms with Crippen LogP contribution < -0.4 is 4.74 Å². The second-order valence-electron chi connectivity index (χ2n) is 8.32. The second-order valence-corrected chi connectivity index (χ2v) is 9.27. The van der Waals surface area contributed by atoms with E-state index in [2.05, 4.69) is 70.9 Å². The third kappa shape index (κ3) is 6.21. The molecule has 1 aromatic heterocycles. The molecule has 32 heavy (non-hydrogen) atoms. The molecular formula is C27H31NO3S. The molecule has 0 radical (unpaired) electrons. The highest BCUT2D eigenvalue weighted by Crippen LogP contribution is 2.26. The summed E-state index contributed by atoms with van der Waals surface area (Å²) in [7, 11) is 1.45. The fraction of sp³-hybridized carbons (Fsp3) is 0.370. The number of hydrogen-bond acceptors (Lipinski definition) is 5. The topological polar surface area (TPSA) is 38.8 Å². The van der Waals surface area contributed by atoms with Gasteiger partial charge in [-0.15, -0.1) is 11.3 Å². The third-order valence-corrected chi connectivity index (χ3v) is 7.01. The molecule has 168 valence electrons. The number of benzene rings is 2. The molecule has 0 amide bonds. The molecule has 3 aromatic rings. The molecule has 1 aliphatic rings. The van der Waals surface area contributed by atoms with Gasteiger partial charge in [0.15, 0.2) is 0 Å². The van der Waals surface area contributed by atoms with Gasteiger partial charge in [0.25, 0.3) is 0 Å². The quantitative estimate of drug-likeness (QED) is 0.367. The van der Waals surface area contributed by atoms with E-state index in [0.717, 1.165) is 38.1 Å². The van der Waals surface area contributed by atoms with Crippen molar-refractivity contribution in [2.75, 3.05) is 26.8 Å². The molecule has 0 aliphatic carbocycles. The minimum Gasteiger partial charge on any atom is -0.492 e. The largest absolute Gasteiger partial charge is 0.492 e. The lowest BCUT2D eigenvalue weighted by molar-refractivity contribution is -0.140. The summed E-state index contributed by atoms with van der Waals surface area (Å²) >= 11 is 1.77. The molecule has 4 nitrogen and oxygen atoms in total. The van der Waals surface area contributed by atoms with E-state index in [4.69, 9.17) is 9.47 Å². The number of methoxy groups -OCH3 is 1. The highest BCUT2D eigenvalue weighted by atomic mass is 32.1. The Balaban J connectivity index is 1.24. The van der Waals surface area contributed by atoms with E-state index in [1.54, 1.807) is 11.3 Å². The average Bonchev–Trinajstić information content (AvgIpc) is 3.51. The molecule has 0 unspecified atom stereocenters. The normalized spacial score (nSPS) is 16.2. The van der Waals surface area contributed by atoms with Crippen molar-refractivity contribution in [3.8, 4) is 16.2 Å². The van der Waals surface area contributed by atoms with Crippen molar-refractivity contribution in [2.45, 2.75) is 38.1 Å². The molecule has 1 fully saturated rings. The van der Waals surface area contributed by atoms with Crippen molar-refractivity contribution in [1.29, 1.82) is 0 Å². The average molecular weight is 450 g/mol. The number of nitrogens with zero attached hydrogens (tertiary/aromatic N) is 1. The molecule has 1 aliphatic heterocycles. The number of esters is 1. The number of rotatable bonds is 10. The predicted octanol–water partition coefficient (Wildman–Crippen LogP) is 5.80. The Morgan fingerprint density at radius 1 is 1.06 bits per heavy atom. The number of carbonyl (C=O) groups is 1. The summed E-state index contributed by atoms with van der Waals surface area (Å²) in [5.41, 5.74) is 3.87. The van der Waals surface area contributed by atoms with Gasteiger partial charge >= 0.3 is 5.97 Å². The number of hydrogen-bond donors (Lipinski definition) is 0. The van der Waals surface area contributed by atoms with Gasteiger partial charge in [-0.3, -0.25) is 9.69 Å². The number of carbonyl (C=O) groups excluding carboxylic acids is 1. The zero-order valence-electron chi connectivity index (χ0n) is 18.7. The molecule has 0 saturated carbocycles. The number of likely N-dealkylation sites (tertiary alicyclic amines) is 1. The first kappa shape index (κ1) is 22.6. The SMILES string of the molecule is COC(=O)CCCN1CCC[C@@H]1COc1ccc(Cc2ccc(-c3cccs3)cc2)cc1. The van der Waals surface area contributed by atoms with Gasteiger partial charge in [0.2, 0.25) is 0 Å². The first-order valence-corrected chi connectivity index (χ1v) is 12.2. The van der Waals surface area contributed by atoms with Crippen LogP contribution in [0.4, 0.5) is 0 Å². The van der Waals surface area contributed by atoms with Crippen molar-refractivity contribution >= 4 is 17.3 Å². The Kier molecular flexibility index (Phi) is 7.97. The van der Waals surface area contributed by atoms with Crippen LogP contribution in [0.3, 0.4) is 0 Å².